The van der Waals surface area contributed by atoms with Crippen LogP contribution in [0.2, 0.25) is 0 Å². The lowest BCUT2D eigenvalue weighted by Gasteiger charge is -2.29. The van der Waals surface area contributed by atoms with Gasteiger partial charge in [0, 0.05) is 24.5 Å². The second kappa shape index (κ2) is 6.42. The highest BCUT2D eigenvalue weighted by Crippen LogP contribution is 2.27. The molecule has 1 aliphatic heterocycles. The Bertz CT molecular complexity index is 775. The second-order valence-corrected chi connectivity index (χ2v) is 8.42. The fourth-order valence-corrected chi connectivity index (χ4v) is 5.03. The number of sulfonamides is 1. The molecule has 0 spiro atoms. The van der Waals surface area contributed by atoms with Crippen LogP contribution in [0.4, 0.5) is 5.82 Å². The molecule has 3 rings (SSSR count). The molecule has 0 saturated carbocycles. The molecule has 0 atom stereocenters. The van der Waals surface area contributed by atoms with E-state index in [2.05, 4.69) is 21.9 Å². The van der Waals surface area contributed by atoms with E-state index in [1.54, 1.807) is 0 Å². The van der Waals surface area contributed by atoms with Crippen molar-refractivity contribution >= 4 is 33.1 Å². The highest BCUT2D eigenvalue weighted by Gasteiger charge is 2.29. The lowest BCUT2D eigenvalue weighted by atomic mass is 10.0. The number of thiophene rings is 1. The zero-order valence-corrected chi connectivity index (χ0v) is 14.2. The Morgan fingerprint density at radius 3 is 2.83 bits per heavy atom. The highest BCUT2D eigenvalue weighted by molar-refractivity contribution is 7.89. The molecule has 1 N–H and O–H groups in total. The fourth-order valence-electron chi connectivity index (χ4n) is 2.40. The van der Waals surface area contributed by atoms with Crippen LogP contribution >= 0.6 is 11.3 Å². The quantitative estimate of drug-likeness (QED) is 0.909. The first kappa shape index (κ1) is 16.2. The summed E-state index contributed by atoms with van der Waals surface area (Å²) in [4.78, 5) is 12.6. The molecule has 0 bridgehead atoms. The average molecular weight is 355 g/mol. The maximum Gasteiger partial charge on any atom is 0.267 e. The maximum atomic E-state index is 12.6. The monoisotopic (exact) mass is 355 g/mol. The van der Waals surface area contributed by atoms with Crippen LogP contribution in [0.25, 0.3) is 0 Å². The summed E-state index contributed by atoms with van der Waals surface area (Å²) < 4.78 is 31.4. The number of amides is 1. The molecule has 124 valence electrons. The SMILES string of the molecule is CC1CCN(S(=O)(=O)c2csc(C(=O)Nc3ccon3)c2)CC1. The van der Waals surface area contributed by atoms with E-state index in [1.165, 1.54) is 28.1 Å². The Labute approximate surface area is 138 Å². The normalized spacial score (nSPS) is 17.3. The number of piperidine rings is 1. The molecule has 1 amide bonds. The predicted octanol–water partition coefficient (Wildman–Crippen LogP) is 2.41. The Hall–Kier alpha value is -1.71. The summed E-state index contributed by atoms with van der Waals surface area (Å²) >= 11 is 1.09. The van der Waals surface area contributed by atoms with Crippen molar-refractivity contribution in [1.82, 2.24) is 9.46 Å². The van der Waals surface area contributed by atoms with Gasteiger partial charge in [-0.3, -0.25) is 4.79 Å². The third-order valence-electron chi connectivity index (χ3n) is 3.86. The van der Waals surface area contributed by atoms with Gasteiger partial charge in [0.25, 0.3) is 5.91 Å². The number of nitrogens with zero attached hydrogens (tertiary/aromatic N) is 2. The summed E-state index contributed by atoms with van der Waals surface area (Å²) in [6, 6.07) is 2.92. The number of hydrogen-bond donors (Lipinski definition) is 1. The minimum atomic E-state index is -3.53. The number of aromatic nitrogens is 1. The smallest absolute Gasteiger partial charge is 0.267 e. The molecule has 2 aromatic rings. The molecule has 0 aromatic carbocycles. The minimum absolute atomic E-state index is 0.169. The van der Waals surface area contributed by atoms with E-state index in [0.717, 1.165) is 24.2 Å². The molecule has 9 heteroatoms. The number of nitrogens with one attached hydrogen (secondary N) is 1. The van der Waals surface area contributed by atoms with Gasteiger partial charge in [0.1, 0.15) is 6.26 Å². The van der Waals surface area contributed by atoms with E-state index in [4.69, 9.17) is 0 Å². The number of carbonyl (C=O) groups is 1. The molecular weight excluding hydrogens is 338 g/mol. The number of carbonyl (C=O) groups excluding carboxylic acids is 1. The van der Waals surface area contributed by atoms with Crippen LogP contribution < -0.4 is 5.32 Å². The molecule has 2 aromatic heterocycles. The van der Waals surface area contributed by atoms with Gasteiger partial charge in [-0.25, -0.2) is 8.42 Å². The van der Waals surface area contributed by atoms with Crippen LogP contribution in [0.5, 0.6) is 0 Å². The Balaban J connectivity index is 1.74. The van der Waals surface area contributed by atoms with Crippen molar-refractivity contribution in [2.24, 2.45) is 5.92 Å². The van der Waals surface area contributed by atoms with E-state index >= 15 is 0 Å². The zero-order chi connectivity index (χ0) is 16.4. The van der Waals surface area contributed by atoms with Crippen LogP contribution in [-0.4, -0.2) is 36.9 Å². The van der Waals surface area contributed by atoms with Crippen molar-refractivity contribution in [2.45, 2.75) is 24.7 Å². The summed E-state index contributed by atoms with van der Waals surface area (Å²) in [5, 5.41) is 7.64. The van der Waals surface area contributed by atoms with Gasteiger partial charge in [-0.2, -0.15) is 4.31 Å². The van der Waals surface area contributed by atoms with Crippen LogP contribution in [0.1, 0.15) is 29.4 Å². The Kier molecular flexibility index (Phi) is 4.51. The molecular formula is C14H17N3O4S2. The summed E-state index contributed by atoms with van der Waals surface area (Å²) in [6.07, 6.45) is 3.07. The van der Waals surface area contributed by atoms with Gasteiger partial charge in [0.05, 0.1) is 9.77 Å². The van der Waals surface area contributed by atoms with Crippen molar-refractivity contribution < 1.29 is 17.7 Å². The lowest BCUT2D eigenvalue weighted by molar-refractivity contribution is 0.102. The molecule has 1 saturated heterocycles. The summed E-state index contributed by atoms with van der Waals surface area (Å²) in [6.45, 7) is 3.18. The molecule has 0 radical (unpaired) electrons. The molecule has 1 aliphatic rings. The molecule has 1 fully saturated rings. The summed E-state index contributed by atoms with van der Waals surface area (Å²) in [5.41, 5.74) is 0. The number of rotatable bonds is 4. The average Bonchev–Trinajstić information content (AvgIpc) is 3.19. The molecule has 7 nitrogen and oxygen atoms in total. The van der Waals surface area contributed by atoms with Crippen molar-refractivity contribution in [1.29, 1.82) is 0 Å². The lowest BCUT2D eigenvalue weighted by Crippen LogP contribution is -2.37. The highest BCUT2D eigenvalue weighted by atomic mass is 32.2. The summed E-state index contributed by atoms with van der Waals surface area (Å²) in [5.74, 6) is 0.433. The van der Waals surface area contributed by atoms with Crippen molar-refractivity contribution in [2.75, 3.05) is 18.4 Å². The predicted molar refractivity (Wildman–Crippen MR) is 85.9 cm³/mol. The first-order valence-electron chi connectivity index (χ1n) is 7.27. The zero-order valence-electron chi connectivity index (χ0n) is 12.6. The first-order valence-corrected chi connectivity index (χ1v) is 9.59. The van der Waals surface area contributed by atoms with Crippen LogP contribution in [0.15, 0.2) is 33.2 Å². The molecule has 0 aliphatic carbocycles. The van der Waals surface area contributed by atoms with Gasteiger partial charge in [0.2, 0.25) is 10.0 Å². The van der Waals surface area contributed by atoms with Gasteiger partial charge in [-0.05, 0) is 24.8 Å². The van der Waals surface area contributed by atoms with Gasteiger partial charge in [0.15, 0.2) is 5.82 Å². The van der Waals surface area contributed by atoms with Crippen molar-refractivity contribution in [3.63, 3.8) is 0 Å². The number of anilines is 1. The molecule has 0 unspecified atom stereocenters. The number of hydrogen-bond acceptors (Lipinski definition) is 6. The molecule has 3 heterocycles. The van der Waals surface area contributed by atoms with Crippen LogP contribution in [0, 0.1) is 5.92 Å². The fraction of sp³-hybridized carbons (Fsp3) is 0.429. The largest absolute Gasteiger partial charge is 0.363 e. The van der Waals surface area contributed by atoms with E-state index in [1.807, 2.05) is 0 Å². The molecule has 23 heavy (non-hydrogen) atoms. The van der Waals surface area contributed by atoms with E-state index in [9.17, 15) is 13.2 Å². The Morgan fingerprint density at radius 2 is 2.17 bits per heavy atom. The third kappa shape index (κ3) is 3.46. The second-order valence-electron chi connectivity index (χ2n) is 5.57. The van der Waals surface area contributed by atoms with Crippen LogP contribution in [0.3, 0.4) is 0 Å². The van der Waals surface area contributed by atoms with Crippen molar-refractivity contribution in [3.05, 3.63) is 28.7 Å². The Morgan fingerprint density at radius 1 is 1.43 bits per heavy atom. The van der Waals surface area contributed by atoms with Gasteiger partial charge in [-0.1, -0.05) is 12.1 Å². The van der Waals surface area contributed by atoms with Crippen LogP contribution in [-0.2, 0) is 10.0 Å². The topological polar surface area (TPSA) is 92.5 Å². The summed E-state index contributed by atoms with van der Waals surface area (Å²) in [7, 11) is -3.53. The third-order valence-corrected chi connectivity index (χ3v) is 6.81. The maximum absolute atomic E-state index is 12.6. The first-order chi connectivity index (χ1) is 11.0. The van der Waals surface area contributed by atoms with Gasteiger partial charge >= 0.3 is 0 Å². The minimum Gasteiger partial charge on any atom is -0.363 e. The van der Waals surface area contributed by atoms with Gasteiger partial charge in [-0.15, -0.1) is 11.3 Å². The van der Waals surface area contributed by atoms with E-state index in [-0.39, 0.29) is 10.7 Å². The van der Waals surface area contributed by atoms with Crippen molar-refractivity contribution in [3.8, 4) is 0 Å². The van der Waals surface area contributed by atoms with E-state index in [0.29, 0.717) is 23.9 Å². The van der Waals surface area contributed by atoms with Gasteiger partial charge < -0.3 is 9.84 Å². The standard InChI is InChI=1S/C14H17N3O4S2/c1-10-2-5-17(6-3-10)23(19,20)11-8-12(22-9-11)14(18)15-13-4-7-21-16-13/h4,7-10H,2-3,5-6H2,1H3,(H,15,16,18). The van der Waals surface area contributed by atoms with E-state index < -0.39 is 15.9 Å².